The number of ether oxygens (including phenoxy) is 1. The van der Waals surface area contributed by atoms with Crippen molar-refractivity contribution in [1.29, 1.82) is 0 Å². The first-order valence-corrected chi connectivity index (χ1v) is 9.11. The number of likely N-dealkylation sites (N-methyl/N-ethyl adjacent to an activating group) is 1. The molecule has 146 valence electrons. The molecule has 0 bridgehead atoms. The maximum atomic E-state index is 13.9. The number of carbonyl (C=O) groups excluding carboxylic acids is 1. The summed E-state index contributed by atoms with van der Waals surface area (Å²) in [5, 5.41) is 0.855. The van der Waals surface area contributed by atoms with E-state index >= 15 is 0 Å². The summed E-state index contributed by atoms with van der Waals surface area (Å²) in [6.07, 6.45) is -1.49. The number of benzene rings is 2. The van der Waals surface area contributed by atoms with Gasteiger partial charge in [-0.3, -0.25) is 4.90 Å². The monoisotopic (exact) mass is 426 g/mol. The van der Waals surface area contributed by atoms with Crippen LogP contribution >= 0.6 is 23.2 Å². The quantitative estimate of drug-likeness (QED) is 0.557. The first-order chi connectivity index (χ1) is 13.2. The van der Waals surface area contributed by atoms with Crippen molar-refractivity contribution in [3.05, 3.63) is 52.0 Å². The summed E-state index contributed by atoms with van der Waals surface area (Å²) in [5.41, 5.74) is 1.49. The molecule has 0 saturated carbocycles. The van der Waals surface area contributed by atoms with Crippen LogP contribution in [-0.4, -0.2) is 48.0 Å². The Kier molecular flexibility index (Phi) is 4.77. The Bertz CT molecular complexity index is 1050. The van der Waals surface area contributed by atoms with Gasteiger partial charge in [0.15, 0.2) is 11.7 Å². The van der Waals surface area contributed by atoms with Crippen molar-refractivity contribution in [3.63, 3.8) is 0 Å². The lowest BCUT2D eigenvalue weighted by atomic mass is 10.2. The lowest BCUT2D eigenvalue weighted by Crippen LogP contribution is -2.35. The number of hydrogen-bond donors (Lipinski definition) is 0. The van der Waals surface area contributed by atoms with Crippen LogP contribution in [0.5, 0.6) is 0 Å². The minimum absolute atomic E-state index is 0.0248. The predicted molar refractivity (Wildman–Crippen MR) is 101 cm³/mol. The Morgan fingerprint density at radius 3 is 2.61 bits per heavy atom. The van der Waals surface area contributed by atoms with Gasteiger partial charge < -0.3 is 9.15 Å². The van der Waals surface area contributed by atoms with Gasteiger partial charge in [0.2, 0.25) is 5.89 Å². The van der Waals surface area contributed by atoms with Crippen molar-refractivity contribution < 1.29 is 22.7 Å². The molecule has 0 spiro atoms. The molecule has 2 heterocycles. The average Bonchev–Trinajstić information content (AvgIpc) is 3.13. The molecule has 1 aliphatic rings. The lowest BCUT2D eigenvalue weighted by molar-refractivity contribution is -0.0833. The zero-order valence-corrected chi connectivity index (χ0v) is 16.1. The summed E-state index contributed by atoms with van der Waals surface area (Å²) in [5.74, 6) is -3.65. The Morgan fingerprint density at radius 1 is 1.25 bits per heavy atom. The van der Waals surface area contributed by atoms with Crippen LogP contribution in [0.2, 0.25) is 10.0 Å². The topological polar surface area (TPSA) is 55.6 Å². The van der Waals surface area contributed by atoms with E-state index in [9.17, 15) is 13.6 Å². The van der Waals surface area contributed by atoms with E-state index in [1.165, 1.54) is 17.0 Å². The van der Waals surface area contributed by atoms with Crippen LogP contribution in [-0.2, 0) is 4.74 Å². The van der Waals surface area contributed by atoms with Gasteiger partial charge in [-0.15, -0.1) is 0 Å². The van der Waals surface area contributed by atoms with Crippen molar-refractivity contribution in [2.45, 2.75) is 12.0 Å². The molecule has 0 amide bonds. The third-order valence-electron chi connectivity index (χ3n) is 4.41. The summed E-state index contributed by atoms with van der Waals surface area (Å²) in [4.78, 5) is 18.1. The van der Waals surface area contributed by atoms with Crippen molar-refractivity contribution in [1.82, 2.24) is 9.88 Å². The molecule has 1 aromatic heterocycles. The number of nitrogens with zero attached hydrogens (tertiary/aromatic N) is 2. The van der Waals surface area contributed by atoms with E-state index < -0.39 is 24.5 Å². The number of alkyl halides is 2. The third kappa shape index (κ3) is 3.70. The van der Waals surface area contributed by atoms with Gasteiger partial charge in [-0.1, -0.05) is 23.2 Å². The van der Waals surface area contributed by atoms with Crippen molar-refractivity contribution in [2.24, 2.45) is 0 Å². The number of aromatic nitrogens is 1. The van der Waals surface area contributed by atoms with Gasteiger partial charge in [-0.2, -0.15) is 0 Å². The van der Waals surface area contributed by atoms with Gasteiger partial charge in [0.25, 0.3) is 5.92 Å². The molecular formula is C19H14Cl2F2N2O3. The molecule has 0 radical (unpaired) electrons. The first kappa shape index (κ1) is 19.1. The van der Waals surface area contributed by atoms with Gasteiger partial charge in [0.05, 0.1) is 12.1 Å². The molecule has 0 aliphatic carbocycles. The van der Waals surface area contributed by atoms with Gasteiger partial charge in [0.1, 0.15) is 5.52 Å². The SMILES string of the molecule is CN1CC(OC(=O)c2ccc3nc(-c4cc(Cl)cc(Cl)c4)oc3c2)C(F)(F)C1. The van der Waals surface area contributed by atoms with Crippen molar-refractivity contribution in [3.8, 4) is 11.5 Å². The number of fused-ring (bicyclic) bond motifs is 1. The van der Waals surface area contributed by atoms with E-state index in [0.29, 0.717) is 26.7 Å². The second-order valence-electron chi connectivity index (χ2n) is 6.71. The molecule has 1 unspecified atom stereocenters. The van der Waals surface area contributed by atoms with Crippen LogP contribution in [0, 0.1) is 0 Å². The second-order valence-corrected chi connectivity index (χ2v) is 7.58. The van der Waals surface area contributed by atoms with Crippen molar-refractivity contribution in [2.75, 3.05) is 20.1 Å². The molecule has 0 N–H and O–H groups in total. The highest BCUT2D eigenvalue weighted by Crippen LogP contribution is 2.31. The maximum Gasteiger partial charge on any atom is 0.338 e. The predicted octanol–water partition coefficient (Wildman–Crippen LogP) is 4.91. The summed E-state index contributed by atoms with van der Waals surface area (Å²) in [6.45, 7) is -0.472. The van der Waals surface area contributed by atoms with E-state index in [-0.39, 0.29) is 18.0 Å². The molecule has 1 atom stereocenters. The molecule has 1 fully saturated rings. The minimum atomic E-state index is -3.08. The smallest absolute Gasteiger partial charge is 0.338 e. The summed E-state index contributed by atoms with van der Waals surface area (Å²) in [6, 6.07) is 9.30. The summed E-state index contributed by atoms with van der Waals surface area (Å²) >= 11 is 12.0. The number of likely N-dealkylation sites (tertiary alicyclic amines) is 1. The van der Waals surface area contributed by atoms with Crippen LogP contribution < -0.4 is 0 Å². The fourth-order valence-corrected chi connectivity index (χ4v) is 3.64. The lowest BCUT2D eigenvalue weighted by Gasteiger charge is -2.18. The Morgan fingerprint density at radius 2 is 1.96 bits per heavy atom. The molecular weight excluding hydrogens is 413 g/mol. The average molecular weight is 427 g/mol. The Hall–Kier alpha value is -2.22. The van der Waals surface area contributed by atoms with Crippen LogP contribution in [0.4, 0.5) is 8.78 Å². The standard InChI is InChI=1S/C19H14Cl2F2N2O3/c1-25-8-16(19(22,23)9-25)28-18(26)10-2-3-14-15(6-10)27-17(24-14)11-4-12(20)7-13(21)5-11/h2-7,16H,8-9H2,1H3. The number of esters is 1. The second kappa shape index (κ2) is 6.99. The molecule has 5 nitrogen and oxygen atoms in total. The maximum absolute atomic E-state index is 13.9. The molecule has 1 aliphatic heterocycles. The fraction of sp³-hybridized carbons (Fsp3) is 0.263. The third-order valence-corrected chi connectivity index (χ3v) is 4.85. The number of oxazole rings is 1. The van der Waals surface area contributed by atoms with Crippen LogP contribution in [0.3, 0.4) is 0 Å². The highest BCUT2D eigenvalue weighted by molar-refractivity contribution is 6.35. The molecule has 4 rings (SSSR count). The van der Waals surface area contributed by atoms with Gasteiger partial charge in [-0.05, 0) is 43.4 Å². The minimum Gasteiger partial charge on any atom is -0.451 e. The normalized spacial score (nSPS) is 19.2. The summed E-state index contributed by atoms with van der Waals surface area (Å²) < 4.78 is 38.5. The Labute approximate surface area is 168 Å². The molecule has 28 heavy (non-hydrogen) atoms. The van der Waals surface area contributed by atoms with Crippen LogP contribution in [0.1, 0.15) is 10.4 Å². The van der Waals surface area contributed by atoms with E-state index in [0.717, 1.165) is 0 Å². The van der Waals surface area contributed by atoms with E-state index in [4.69, 9.17) is 32.4 Å². The van der Waals surface area contributed by atoms with E-state index in [1.54, 1.807) is 31.3 Å². The van der Waals surface area contributed by atoms with Gasteiger partial charge in [0, 0.05) is 22.2 Å². The van der Waals surface area contributed by atoms with Crippen LogP contribution in [0.25, 0.3) is 22.6 Å². The molecule has 9 heteroatoms. The van der Waals surface area contributed by atoms with Gasteiger partial charge >= 0.3 is 5.97 Å². The van der Waals surface area contributed by atoms with E-state index in [1.807, 2.05) is 0 Å². The number of hydrogen-bond acceptors (Lipinski definition) is 5. The van der Waals surface area contributed by atoms with Gasteiger partial charge in [-0.25, -0.2) is 18.6 Å². The summed E-state index contributed by atoms with van der Waals surface area (Å²) in [7, 11) is 1.55. The highest BCUT2D eigenvalue weighted by Gasteiger charge is 2.49. The molecule has 2 aromatic carbocycles. The number of halogens is 4. The largest absolute Gasteiger partial charge is 0.451 e. The van der Waals surface area contributed by atoms with Crippen molar-refractivity contribution >= 4 is 40.3 Å². The zero-order chi connectivity index (χ0) is 20.1. The molecule has 3 aromatic rings. The zero-order valence-electron chi connectivity index (χ0n) is 14.6. The fourth-order valence-electron chi connectivity index (χ4n) is 3.12. The first-order valence-electron chi connectivity index (χ1n) is 8.36. The highest BCUT2D eigenvalue weighted by atomic mass is 35.5. The van der Waals surface area contributed by atoms with E-state index in [2.05, 4.69) is 4.98 Å². The van der Waals surface area contributed by atoms with Crippen LogP contribution in [0.15, 0.2) is 40.8 Å². The number of carbonyl (C=O) groups is 1. The Balaban J connectivity index is 1.60. The number of rotatable bonds is 3. The molecule has 1 saturated heterocycles.